The second-order valence-electron chi connectivity index (χ2n) is 5.24. The van der Waals surface area contributed by atoms with Gasteiger partial charge in [-0.2, -0.15) is 0 Å². The molecule has 1 aliphatic rings. The first-order chi connectivity index (χ1) is 9.56. The lowest BCUT2D eigenvalue weighted by molar-refractivity contribution is -0.116. The Morgan fingerprint density at radius 1 is 1.30 bits per heavy atom. The summed E-state index contributed by atoms with van der Waals surface area (Å²) in [7, 11) is 0. The van der Waals surface area contributed by atoms with E-state index in [1.54, 1.807) is 6.07 Å². The zero-order valence-electron chi connectivity index (χ0n) is 11.2. The zero-order valence-corrected chi connectivity index (χ0v) is 12.8. The number of hydrogen-bond acceptors (Lipinski definition) is 2. The Morgan fingerprint density at radius 2 is 2.00 bits per heavy atom. The van der Waals surface area contributed by atoms with Crippen molar-refractivity contribution in [2.75, 3.05) is 5.32 Å². The van der Waals surface area contributed by atoms with Crippen LogP contribution in [-0.4, -0.2) is 17.0 Å². The number of carboxylic acid groups (broad SMARTS) is 1. The van der Waals surface area contributed by atoms with Crippen molar-refractivity contribution in [2.45, 2.75) is 38.5 Å². The van der Waals surface area contributed by atoms with Crippen molar-refractivity contribution < 1.29 is 14.7 Å². The van der Waals surface area contributed by atoms with Crippen LogP contribution in [0.25, 0.3) is 0 Å². The van der Waals surface area contributed by atoms with Crippen LogP contribution in [0.2, 0.25) is 0 Å². The standard InChI is InChI=1S/C15H18BrNO3/c16-12-7-6-11(15(19)20)9-13(12)17-14(18)8-5-10-3-1-2-4-10/h6-7,9-10H,1-5,8H2,(H,17,18)(H,19,20). The minimum absolute atomic E-state index is 0.0554. The van der Waals surface area contributed by atoms with Gasteiger partial charge < -0.3 is 10.4 Å². The number of rotatable bonds is 5. The van der Waals surface area contributed by atoms with E-state index >= 15 is 0 Å². The van der Waals surface area contributed by atoms with Crippen molar-refractivity contribution in [3.63, 3.8) is 0 Å². The quantitative estimate of drug-likeness (QED) is 0.850. The first kappa shape index (κ1) is 15.0. The molecule has 20 heavy (non-hydrogen) atoms. The van der Waals surface area contributed by atoms with Gasteiger partial charge >= 0.3 is 5.97 Å². The van der Waals surface area contributed by atoms with E-state index in [1.165, 1.54) is 37.8 Å². The number of carbonyl (C=O) groups is 2. The maximum Gasteiger partial charge on any atom is 0.335 e. The number of carboxylic acids is 1. The molecule has 108 valence electrons. The van der Waals surface area contributed by atoms with Crippen LogP contribution in [0.4, 0.5) is 5.69 Å². The molecule has 0 heterocycles. The van der Waals surface area contributed by atoms with Gasteiger partial charge in [-0.15, -0.1) is 0 Å². The molecule has 4 nitrogen and oxygen atoms in total. The van der Waals surface area contributed by atoms with Crippen LogP contribution in [-0.2, 0) is 4.79 Å². The van der Waals surface area contributed by atoms with Gasteiger partial charge in [0.1, 0.15) is 0 Å². The Kier molecular flexibility index (Phi) is 5.17. The third-order valence-corrected chi connectivity index (χ3v) is 4.43. The summed E-state index contributed by atoms with van der Waals surface area (Å²) in [6.07, 6.45) is 6.42. The van der Waals surface area contributed by atoms with Gasteiger partial charge in [0.05, 0.1) is 11.3 Å². The molecule has 1 amide bonds. The molecule has 1 fully saturated rings. The van der Waals surface area contributed by atoms with Crippen molar-refractivity contribution in [2.24, 2.45) is 5.92 Å². The summed E-state index contributed by atoms with van der Waals surface area (Å²) in [5.74, 6) is -0.381. The maximum absolute atomic E-state index is 11.9. The minimum Gasteiger partial charge on any atom is -0.478 e. The van der Waals surface area contributed by atoms with Gasteiger partial charge in [0.25, 0.3) is 0 Å². The van der Waals surface area contributed by atoms with E-state index in [9.17, 15) is 9.59 Å². The molecular weight excluding hydrogens is 322 g/mol. The zero-order chi connectivity index (χ0) is 14.5. The molecular formula is C15H18BrNO3. The largest absolute Gasteiger partial charge is 0.478 e. The Bertz CT molecular complexity index is 510. The Labute approximate surface area is 126 Å². The van der Waals surface area contributed by atoms with Gasteiger partial charge in [-0.1, -0.05) is 25.7 Å². The Morgan fingerprint density at radius 3 is 2.65 bits per heavy atom. The van der Waals surface area contributed by atoms with E-state index in [0.717, 1.165) is 6.42 Å². The molecule has 0 spiro atoms. The number of halogens is 1. The second kappa shape index (κ2) is 6.88. The first-order valence-corrected chi connectivity index (χ1v) is 7.68. The lowest BCUT2D eigenvalue weighted by Gasteiger charge is -2.10. The summed E-state index contributed by atoms with van der Waals surface area (Å²) in [5.41, 5.74) is 0.681. The molecule has 1 aromatic carbocycles. The maximum atomic E-state index is 11.9. The summed E-state index contributed by atoms with van der Waals surface area (Å²) in [4.78, 5) is 22.8. The topological polar surface area (TPSA) is 66.4 Å². The third-order valence-electron chi connectivity index (χ3n) is 3.74. The number of carbonyl (C=O) groups excluding carboxylic acids is 1. The predicted octanol–water partition coefficient (Wildman–Crippen LogP) is 4.06. The fourth-order valence-electron chi connectivity index (χ4n) is 2.60. The number of aromatic carboxylic acids is 1. The highest BCUT2D eigenvalue weighted by Crippen LogP contribution is 2.29. The average molecular weight is 340 g/mol. The summed E-state index contributed by atoms with van der Waals surface area (Å²) in [6.45, 7) is 0. The van der Waals surface area contributed by atoms with Gasteiger partial charge in [-0.3, -0.25) is 4.79 Å². The van der Waals surface area contributed by atoms with E-state index in [-0.39, 0.29) is 11.5 Å². The van der Waals surface area contributed by atoms with Crippen LogP contribution in [0.3, 0.4) is 0 Å². The fraction of sp³-hybridized carbons (Fsp3) is 0.467. The number of nitrogens with one attached hydrogen (secondary N) is 1. The van der Waals surface area contributed by atoms with Crippen molar-refractivity contribution in [1.29, 1.82) is 0 Å². The molecule has 2 rings (SSSR count). The minimum atomic E-state index is -1.00. The van der Waals surface area contributed by atoms with Gasteiger partial charge in [0.15, 0.2) is 0 Å². The van der Waals surface area contributed by atoms with Crippen LogP contribution in [0.1, 0.15) is 48.9 Å². The number of amides is 1. The smallest absolute Gasteiger partial charge is 0.335 e. The van der Waals surface area contributed by atoms with Crippen LogP contribution in [0.5, 0.6) is 0 Å². The normalized spacial score (nSPS) is 15.2. The molecule has 0 radical (unpaired) electrons. The highest BCUT2D eigenvalue weighted by atomic mass is 79.9. The summed E-state index contributed by atoms with van der Waals surface area (Å²) < 4.78 is 0.691. The van der Waals surface area contributed by atoms with Crippen LogP contribution in [0, 0.1) is 5.92 Å². The molecule has 0 unspecified atom stereocenters. The molecule has 0 aliphatic heterocycles. The van der Waals surface area contributed by atoms with Gasteiger partial charge in [0.2, 0.25) is 5.91 Å². The molecule has 0 saturated heterocycles. The number of anilines is 1. The SMILES string of the molecule is O=C(CCC1CCCC1)Nc1cc(C(=O)O)ccc1Br. The van der Waals surface area contributed by atoms with E-state index in [0.29, 0.717) is 22.5 Å². The lowest BCUT2D eigenvalue weighted by atomic mass is 10.0. The summed E-state index contributed by atoms with van der Waals surface area (Å²) in [5, 5.41) is 11.7. The summed E-state index contributed by atoms with van der Waals surface area (Å²) in [6, 6.07) is 4.61. The van der Waals surface area contributed by atoms with E-state index < -0.39 is 5.97 Å². The van der Waals surface area contributed by atoms with Gasteiger partial charge in [-0.25, -0.2) is 4.79 Å². The Hall–Kier alpha value is -1.36. The first-order valence-electron chi connectivity index (χ1n) is 6.89. The van der Waals surface area contributed by atoms with E-state index in [1.807, 2.05) is 0 Å². The number of hydrogen-bond donors (Lipinski definition) is 2. The van der Waals surface area contributed by atoms with Crippen molar-refractivity contribution in [3.05, 3.63) is 28.2 Å². The molecule has 1 aliphatic carbocycles. The van der Waals surface area contributed by atoms with Gasteiger partial charge in [-0.05, 0) is 46.5 Å². The third kappa shape index (κ3) is 4.07. The van der Waals surface area contributed by atoms with E-state index in [2.05, 4.69) is 21.2 Å². The molecule has 0 aromatic heterocycles. The molecule has 2 N–H and O–H groups in total. The van der Waals surface area contributed by atoms with Crippen molar-refractivity contribution in [1.82, 2.24) is 0 Å². The van der Waals surface area contributed by atoms with Crippen LogP contribution < -0.4 is 5.32 Å². The van der Waals surface area contributed by atoms with Crippen molar-refractivity contribution in [3.8, 4) is 0 Å². The summed E-state index contributed by atoms with van der Waals surface area (Å²) >= 11 is 3.32. The van der Waals surface area contributed by atoms with Crippen LogP contribution >= 0.6 is 15.9 Å². The average Bonchev–Trinajstić information content (AvgIpc) is 2.92. The molecule has 1 aromatic rings. The van der Waals surface area contributed by atoms with E-state index in [4.69, 9.17) is 5.11 Å². The molecule has 0 atom stereocenters. The monoisotopic (exact) mass is 339 g/mol. The lowest BCUT2D eigenvalue weighted by Crippen LogP contribution is -2.13. The Balaban J connectivity index is 1.92. The predicted molar refractivity (Wildman–Crippen MR) is 80.9 cm³/mol. The van der Waals surface area contributed by atoms with Crippen LogP contribution in [0.15, 0.2) is 22.7 Å². The molecule has 5 heteroatoms. The number of benzene rings is 1. The highest BCUT2D eigenvalue weighted by molar-refractivity contribution is 9.10. The molecule has 0 bridgehead atoms. The fourth-order valence-corrected chi connectivity index (χ4v) is 2.95. The van der Waals surface area contributed by atoms with Gasteiger partial charge in [0, 0.05) is 10.9 Å². The van der Waals surface area contributed by atoms with Crippen molar-refractivity contribution >= 4 is 33.5 Å². The highest BCUT2D eigenvalue weighted by Gasteiger charge is 2.16. The second-order valence-corrected chi connectivity index (χ2v) is 6.09. The molecule has 1 saturated carbocycles.